The summed E-state index contributed by atoms with van der Waals surface area (Å²) in [7, 11) is 2.05. The Morgan fingerprint density at radius 3 is 2.79 bits per heavy atom. The molecule has 34 heavy (non-hydrogen) atoms. The topological polar surface area (TPSA) is 77.9 Å². The van der Waals surface area contributed by atoms with Gasteiger partial charge in [0.25, 0.3) is 11.8 Å². The maximum atomic E-state index is 12.9. The van der Waals surface area contributed by atoms with Gasteiger partial charge in [0.2, 0.25) is 0 Å². The first-order chi connectivity index (χ1) is 16.5. The van der Waals surface area contributed by atoms with Gasteiger partial charge in [0.15, 0.2) is 5.17 Å². The first-order valence-electron chi connectivity index (χ1n) is 10.9. The summed E-state index contributed by atoms with van der Waals surface area (Å²) in [5.74, 6) is -0.267. The van der Waals surface area contributed by atoms with Crippen LogP contribution in [0.5, 0.6) is 0 Å². The second-order valence-electron chi connectivity index (χ2n) is 8.20. The van der Waals surface area contributed by atoms with Gasteiger partial charge in [0, 0.05) is 43.3 Å². The summed E-state index contributed by atoms with van der Waals surface area (Å²) in [4.78, 5) is 38.9. The van der Waals surface area contributed by atoms with E-state index >= 15 is 0 Å². The fourth-order valence-electron chi connectivity index (χ4n) is 3.85. The number of benzene rings is 2. The molecular formula is C25H22ClN5O2S. The van der Waals surface area contributed by atoms with E-state index in [0.717, 1.165) is 29.6 Å². The lowest BCUT2D eigenvalue weighted by Crippen LogP contribution is -2.47. The molecule has 1 aromatic heterocycles. The van der Waals surface area contributed by atoms with Crippen molar-refractivity contribution in [3.8, 4) is 0 Å². The van der Waals surface area contributed by atoms with E-state index in [1.54, 1.807) is 24.4 Å². The first kappa shape index (κ1) is 22.6. The fourth-order valence-corrected chi connectivity index (χ4v) is 4.84. The molecule has 0 saturated carbocycles. The van der Waals surface area contributed by atoms with Crippen LogP contribution in [-0.4, -0.2) is 65.0 Å². The maximum absolute atomic E-state index is 12.9. The SMILES string of the molecule is CN1CCN(C(=O)c2ccc(Cl)c(N=C3NC(=O)/C(=C/c4ccc5ncccc5c4)S3)c2)CC1. The van der Waals surface area contributed by atoms with Crippen LogP contribution in [0.15, 0.2) is 64.6 Å². The van der Waals surface area contributed by atoms with Crippen LogP contribution in [0.4, 0.5) is 5.69 Å². The summed E-state index contributed by atoms with van der Waals surface area (Å²) < 4.78 is 0. The van der Waals surface area contributed by atoms with E-state index in [9.17, 15) is 9.59 Å². The lowest BCUT2D eigenvalue weighted by Gasteiger charge is -2.32. The molecule has 5 rings (SSSR count). The number of carbonyl (C=O) groups excluding carboxylic acids is 2. The van der Waals surface area contributed by atoms with Gasteiger partial charge in [0.1, 0.15) is 0 Å². The Kier molecular flexibility index (Phi) is 6.36. The molecule has 2 saturated heterocycles. The minimum atomic E-state index is -0.226. The number of likely N-dealkylation sites (N-methyl/N-ethyl adjacent to an activating group) is 1. The highest BCUT2D eigenvalue weighted by molar-refractivity contribution is 8.18. The Labute approximate surface area is 206 Å². The molecule has 0 spiro atoms. The molecule has 0 bridgehead atoms. The van der Waals surface area contributed by atoms with Gasteiger partial charge in [-0.1, -0.05) is 23.7 Å². The summed E-state index contributed by atoms with van der Waals surface area (Å²) >= 11 is 7.60. The molecule has 2 aliphatic rings. The zero-order valence-corrected chi connectivity index (χ0v) is 20.1. The van der Waals surface area contributed by atoms with Crippen molar-refractivity contribution < 1.29 is 9.59 Å². The van der Waals surface area contributed by atoms with Crippen molar-refractivity contribution in [3.63, 3.8) is 0 Å². The number of amidine groups is 1. The summed E-state index contributed by atoms with van der Waals surface area (Å²) in [5.41, 5.74) is 2.78. The molecule has 0 aliphatic carbocycles. The van der Waals surface area contributed by atoms with Gasteiger partial charge in [0.05, 0.1) is 21.1 Å². The Hall–Kier alpha value is -3.20. The number of aliphatic imine (C=N–C) groups is 1. The van der Waals surface area contributed by atoms with E-state index in [4.69, 9.17) is 11.6 Å². The molecule has 0 atom stereocenters. The molecule has 7 nitrogen and oxygen atoms in total. The number of pyridine rings is 1. The lowest BCUT2D eigenvalue weighted by atomic mass is 10.1. The number of hydrogen-bond donors (Lipinski definition) is 1. The van der Waals surface area contributed by atoms with Gasteiger partial charge in [-0.2, -0.15) is 0 Å². The number of hydrogen-bond acceptors (Lipinski definition) is 6. The van der Waals surface area contributed by atoms with E-state index in [-0.39, 0.29) is 11.8 Å². The molecule has 3 heterocycles. The third kappa shape index (κ3) is 4.84. The Balaban J connectivity index is 1.36. The number of aromatic nitrogens is 1. The predicted octanol–water partition coefficient (Wildman–Crippen LogP) is 4.17. The molecule has 3 aromatic rings. The number of fused-ring (bicyclic) bond motifs is 1. The minimum Gasteiger partial charge on any atom is -0.336 e. The largest absolute Gasteiger partial charge is 0.336 e. The molecule has 0 radical (unpaired) electrons. The number of nitrogens with one attached hydrogen (secondary N) is 1. The fraction of sp³-hybridized carbons (Fsp3) is 0.200. The van der Waals surface area contributed by atoms with Gasteiger partial charge in [-0.05, 0) is 66.8 Å². The molecule has 2 aromatic carbocycles. The Morgan fingerprint density at radius 2 is 1.97 bits per heavy atom. The van der Waals surface area contributed by atoms with Crippen LogP contribution in [0.2, 0.25) is 5.02 Å². The standard InChI is InChI=1S/C25H22ClN5O2S/c1-30-9-11-31(12-10-30)24(33)18-5-6-19(26)21(15-18)28-25-29-23(32)22(34-25)14-16-4-7-20-17(13-16)3-2-8-27-20/h2-8,13-15H,9-12H2,1H3,(H,28,29,32)/b22-14-. The van der Waals surface area contributed by atoms with Crippen LogP contribution in [-0.2, 0) is 4.79 Å². The van der Waals surface area contributed by atoms with E-state index in [0.29, 0.717) is 39.4 Å². The molecule has 2 aliphatic heterocycles. The molecular weight excluding hydrogens is 470 g/mol. The van der Waals surface area contributed by atoms with Crippen molar-refractivity contribution in [2.24, 2.45) is 4.99 Å². The van der Waals surface area contributed by atoms with Crippen LogP contribution < -0.4 is 5.32 Å². The smallest absolute Gasteiger partial charge is 0.264 e. The number of piperazine rings is 1. The molecule has 1 N–H and O–H groups in total. The Bertz CT molecular complexity index is 1350. The minimum absolute atomic E-state index is 0.0410. The van der Waals surface area contributed by atoms with Crippen LogP contribution in [0.3, 0.4) is 0 Å². The highest BCUT2D eigenvalue weighted by atomic mass is 35.5. The highest BCUT2D eigenvalue weighted by Crippen LogP contribution is 2.32. The third-order valence-electron chi connectivity index (χ3n) is 5.78. The summed E-state index contributed by atoms with van der Waals surface area (Å²) in [6.45, 7) is 3.07. The van der Waals surface area contributed by atoms with E-state index in [1.165, 1.54) is 11.8 Å². The zero-order chi connectivity index (χ0) is 23.7. The predicted molar refractivity (Wildman–Crippen MR) is 137 cm³/mol. The maximum Gasteiger partial charge on any atom is 0.264 e. The summed E-state index contributed by atoms with van der Waals surface area (Å²) in [6.07, 6.45) is 3.58. The van der Waals surface area contributed by atoms with Crippen LogP contribution in [0, 0.1) is 0 Å². The highest BCUT2D eigenvalue weighted by Gasteiger charge is 2.25. The average molecular weight is 492 g/mol. The molecule has 2 fully saturated rings. The summed E-state index contributed by atoms with van der Waals surface area (Å²) in [6, 6.07) is 14.8. The van der Waals surface area contributed by atoms with Gasteiger partial charge in [-0.15, -0.1) is 0 Å². The number of halogens is 1. The van der Waals surface area contributed by atoms with Crippen molar-refractivity contribution in [1.82, 2.24) is 20.1 Å². The number of amides is 2. The van der Waals surface area contributed by atoms with E-state index in [1.807, 2.05) is 48.4 Å². The quantitative estimate of drug-likeness (QED) is 0.556. The van der Waals surface area contributed by atoms with Crippen molar-refractivity contribution in [3.05, 3.63) is 75.8 Å². The van der Waals surface area contributed by atoms with Gasteiger partial charge in [-0.25, -0.2) is 4.99 Å². The van der Waals surface area contributed by atoms with Gasteiger partial charge in [-0.3, -0.25) is 14.6 Å². The molecule has 172 valence electrons. The first-order valence-corrected chi connectivity index (χ1v) is 12.1. The second kappa shape index (κ2) is 9.58. The number of carbonyl (C=O) groups is 2. The number of nitrogens with zero attached hydrogens (tertiary/aromatic N) is 4. The summed E-state index contributed by atoms with van der Waals surface area (Å²) in [5, 5.41) is 4.63. The zero-order valence-electron chi connectivity index (χ0n) is 18.5. The van der Waals surface area contributed by atoms with Crippen LogP contribution in [0.1, 0.15) is 15.9 Å². The third-order valence-corrected chi connectivity index (χ3v) is 7.01. The van der Waals surface area contributed by atoms with E-state index < -0.39 is 0 Å². The van der Waals surface area contributed by atoms with Crippen molar-refractivity contribution >= 4 is 63.0 Å². The van der Waals surface area contributed by atoms with Crippen molar-refractivity contribution in [2.45, 2.75) is 0 Å². The molecule has 2 amide bonds. The normalized spacial score (nSPS) is 19.2. The monoisotopic (exact) mass is 491 g/mol. The Morgan fingerprint density at radius 1 is 1.15 bits per heavy atom. The second-order valence-corrected chi connectivity index (χ2v) is 9.64. The number of thioether (sulfide) groups is 1. The van der Waals surface area contributed by atoms with Crippen molar-refractivity contribution in [1.29, 1.82) is 0 Å². The van der Waals surface area contributed by atoms with Crippen LogP contribution in [0.25, 0.3) is 17.0 Å². The molecule has 9 heteroatoms. The van der Waals surface area contributed by atoms with Crippen molar-refractivity contribution in [2.75, 3.05) is 33.2 Å². The lowest BCUT2D eigenvalue weighted by molar-refractivity contribution is -0.115. The molecule has 0 unspecified atom stereocenters. The van der Waals surface area contributed by atoms with Gasteiger partial charge < -0.3 is 15.1 Å². The van der Waals surface area contributed by atoms with E-state index in [2.05, 4.69) is 20.2 Å². The average Bonchev–Trinajstić information content (AvgIpc) is 3.18. The number of rotatable bonds is 3. The van der Waals surface area contributed by atoms with Gasteiger partial charge >= 0.3 is 0 Å². The van der Waals surface area contributed by atoms with Crippen LogP contribution >= 0.6 is 23.4 Å².